The SMILES string of the molecule is CC(C)(C)n1nnc(C(=O)N2CCc3ccccc3C2(C)C(F)(F)F)n1. The van der Waals surface area contributed by atoms with Gasteiger partial charge < -0.3 is 4.90 Å². The van der Waals surface area contributed by atoms with Gasteiger partial charge in [0, 0.05) is 6.54 Å². The van der Waals surface area contributed by atoms with E-state index in [9.17, 15) is 18.0 Å². The van der Waals surface area contributed by atoms with Gasteiger partial charge >= 0.3 is 6.18 Å². The van der Waals surface area contributed by atoms with E-state index < -0.39 is 23.2 Å². The molecular weight excluding hydrogens is 347 g/mol. The van der Waals surface area contributed by atoms with E-state index in [4.69, 9.17) is 0 Å². The van der Waals surface area contributed by atoms with Gasteiger partial charge in [-0.2, -0.15) is 18.0 Å². The highest BCUT2D eigenvalue weighted by molar-refractivity contribution is 5.91. The van der Waals surface area contributed by atoms with Crippen LogP contribution < -0.4 is 0 Å². The largest absolute Gasteiger partial charge is 0.415 e. The molecule has 0 saturated heterocycles. The molecule has 0 radical (unpaired) electrons. The lowest BCUT2D eigenvalue weighted by Gasteiger charge is -2.46. The Hall–Kier alpha value is -2.45. The lowest BCUT2D eigenvalue weighted by atomic mass is 9.81. The number of hydrogen-bond donors (Lipinski definition) is 0. The van der Waals surface area contributed by atoms with E-state index >= 15 is 0 Å². The monoisotopic (exact) mass is 367 g/mol. The van der Waals surface area contributed by atoms with Crippen LogP contribution in [0, 0.1) is 0 Å². The van der Waals surface area contributed by atoms with Gasteiger partial charge in [0.05, 0.1) is 5.54 Å². The summed E-state index contributed by atoms with van der Waals surface area (Å²) in [6, 6.07) is 6.32. The maximum Gasteiger partial charge on any atom is 0.415 e. The van der Waals surface area contributed by atoms with Crippen molar-refractivity contribution in [3.8, 4) is 0 Å². The van der Waals surface area contributed by atoms with Gasteiger partial charge in [-0.25, -0.2) is 0 Å². The first kappa shape index (κ1) is 18.3. The number of halogens is 3. The summed E-state index contributed by atoms with van der Waals surface area (Å²) in [6.45, 7) is 6.37. The average molecular weight is 367 g/mol. The molecule has 3 rings (SSSR count). The molecular formula is C17H20F3N5O. The molecule has 6 nitrogen and oxygen atoms in total. The van der Waals surface area contributed by atoms with Crippen LogP contribution in [0.5, 0.6) is 0 Å². The maximum atomic E-state index is 14.1. The fraction of sp³-hybridized carbons (Fsp3) is 0.529. The summed E-state index contributed by atoms with van der Waals surface area (Å²) in [4.78, 5) is 14.9. The second kappa shape index (κ2) is 5.78. The van der Waals surface area contributed by atoms with Gasteiger partial charge in [0.2, 0.25) is 0 Å². The van der Waals surface area contributed by atoms with E-state index in [1.54, 1.807) is 39.0 Å². The molecule has 1 atom stereocenters. The molecule has 1 aromatic carbocycles. The van der Waals surface area contributed by atoms with Gasteiger partial charge in [-0.15, -0.1) is 10.2 Å². The Morgan fingerprint density at radius 1 is 1.19 bits per heavy atom. The minimum absolute atomic E-state index is 0.0735. The zero-order chi connectivity index (χ0) is 19.3. The number of alkyl halides is 3. The van der Waals surface area contributed by atoms with Crippen molar-refractivity contribution < 1.29 is 18.0 Å². The quantitative estimate of drug-likeness (QED) is 0.778. The molecule has 1 unspecified atom stereocenters. The van der Waals surface area contributed by atoms with Gasteiger partial charge in [-0.3, -0.25) is 4.79 Å². The minimum Gasteiger partial charge on any atom is -0.317 e. The van der Waals surface area contributed by atoms with Crippen LogP contribution in [0.4, 0.5) is 13.2 Å². The van der Waals surface area contributed by atoms with Crippen molar-refractivity contribution in [2.24, 2.45) is 0 Å². The molecule has 0 N–H and O–H groups in total. The van der Waals surface area contributed by atoms with E-state index in [0.29, 0.717) is 12.0 Å². The van der Waals surface area contributed by atoms with Crippen LogP contribution in [-0.4, -0.2) is 43.7 Å². The fourth-order valence-electron chi connectivity index (χ4n) is 3.13. The number of tetrazole rings is 1. The third kappa shape index (κ3) is 2.75. The highest BCUT2D eigenvalue weighted by Gasteiger charge is 2.60. The highest BCUT2D eigenvalue weighted by atomic mass is 19.4. The molecule has 0 spiro atoms. The van der Waals surface area contributed by atoms with Crippen molar-refractivity contribution in [2.75, 3.05) is 6.54 Å². The topological polar surface area (TPSA) is 63.9 Å². The van der Waals surface area contributed by atoms with Crippen LogP contribution in [0.1, 0.15) is 49.4 Å². The van der Waals surface area contributed by atoms with Gasteiger partial charge in [0.1, 0.15) is 0 Å². The molecule has 1 aromatic heterocycles. The fourth-order valence-corrected chi connectivity index (χ4v) is 3.13. The summed E-state index contributed by atoms with van der Waals surface area (Å²) in [5.74, 6) is -1.22. The number of aromatic nitrogens is 4. The first-order chi connectivity index (χ1) is 12.0. The smallest absolute Gasteiger partial charge is 0.317 e. The molecule has 2 heterocycles. The molecule has 1 aliphatic rings. The Balaban J connectivity index is 2.06. The summed E-state index contributed by atoms with van der Waals surface area (Å²) in [5.41, 5.74) is -2.32. The van der Waals surface area contributed by atoms with Crippen LogP contribution in [0.2, 0.25) is 0 Å². The van der Waals surface area contributed by atoms with Crippen LogP contribution in [0.15, 0.2) is 24.3 Å². The number of hydrogen-bond acceptors (Lipinski definition) is 4. The van der Waals surface area contributed by atoms with Crippen molar-refractivity contribution in [1.82, 2.24) is 25.1 Å². The third-order valence-electron chi connectivity index (χ3n) is 4.69. The van der Waals surface area contributed by atoms with Crippen LogP contribution >= 0.6 is 0 Å². The second-order valence-electron chi connectivity index (χ2n) is 7.51. The molecule has 9 heteroatoms. The second-order valence-corrected chi connectivity index (χ2v) is 7.51. The lowest BCUT2D eigenvalue weighted by molar-refractivity contribution is -0.225. The van der Waals surface area contributed by atoms with Gasteiger partial charge in [-0.05, 0) is 50.5 Å². The summed E-state index contributed by atoms with van der Waals surface area (Å²) in [5, 5.41) is 11.5. The third-order valence-corrected chi connectivity index (χ3v) is 4.69. The number of rotatable bonds is 1. The molecule has 0 fully saturated rings. The standard InChI is InChI=1S/C17H20F3N5O/c1-15(2,3)25-22-13(21-23-25)14(26)24-10-9-11-7-5-6-8-12(11)16(24,4)17(18,19)20/h5-8H,9-10H2,1-4H3. The Bertz CT molecular complexity index is 839. The molecule has 26 heavy (non-hydrogen) atoms. The van der Waals surface area contributed by atoms with E-state index in [0.717, 1.165) is 11.8 Å². The predicted octanol–water partition coefficient (Wildman–Crippen LogP) is 2.90. The Morgan fingerprint density at radius 2 is 1.85 bits per heavy atom. The normalized spacial score (nSPS) is 20.8. The maximum absolute atomic E-state index is 14.1. The molecule has 0 aliphatic carbocycles. The first-order valence-corrected chi connectivity index (χ1v) is 8.24. The summed E-state index contributed by atoms with van der Waals surface area (Å²) < 4.78 is 42.2. The van der Waals surface area contributed by atoms with Gasteiger partial charge in [0.25, 0.3) is 11.7 Å². The zero-order valence-electron chi connectivity index (χ0n) is 15.0. The Kier molecular flexibility index (Phi) is 4.08. The molecule has 0 saturated carbocycles. The number of fused-ring (bicyclic) bond motifs is 1. The van der Waals surface area contributed by atoms with Gasteiger partial charge in [-0.1, -0.05) is 24.3 Å². The summed E-state index contributed by atoms with van der Waals surface area (Å²) >= 11 is 0. The van der Waals surface area contributed by atoms with Crippen LogP contribution in [0.3, 0.4) is 0 Å². The van der Waals surface area contributed by atoms with Crippen molar-refractivity contribution in [3.63, 3.8) is 0 Å². The van der Waals surface area contributed by atoms with Crippen molar-refractivity contribution in [2.45, 2.75) is 51.4 Å². The Labute approximate surface area is 149 Å². The van der Waals surface area contributed by atoms with Crippen molar-refractivity contribution in [3.05, 3.63) is 41.2 Å². The van der Waals surface area contributed by atoms with Crippen LogP contribution in [-0.2, 0) is 17.5 Å². The molecule has 1 aliphatic heterocycles. The predicted molar refractivity (Wildman–Crippen MR) is 87.4 cm³/mol. The zero-order valence-corrected chi connectivity index (χ0v) is 15.0. The van der Waals surface area contributed by atoms with Crippen molar-refractivity contribution in [1.29, 1.82) is 0 Å². The molecule has 0 bridgehead atoms. The number of carbonyl (C=O) groups excluding carboxylic acids is 1. The van der Waals surface area contributed by atoms with Gasteiger partial charge in [0.15, 0.2) is 5.54 Å². The molecule has 140 valence electrons. The van der Waals surface area contributed by atoms with Crippen molar-refractivity contribution >= 4 is 5.91 Å². The first-order valence-electron chi connectivity index (χ1n) is 8.24. The van der Waals surface area contributed by atoms with E-state index in [-0.39, 0.29) is 17.9 Å². The number of carbonyl (C=O) groups is 1. The number of amides is 1. The number of nitrogens with zero attached hydrogens (tertiary/aromatic N) is 5. The Morgan fingerprint density at radius 3 is 2.42 bits per heavy atom. The van der Waals surface area contributed by atoms with E-state index in [1.807, 2.05) is 0 Å². The lowest BCUT2D eigenvalue weighted by Crippen LogP contribution is -2.59. The summed E-state index contributed by atoms with van der Waals surface area (Å²) in [7, 11) is 0. The molecule has 1 amide bonds. The van der Waals surface area contributed by atoms with Crippen LogP contribution in [0.25, 0.3) is 0 Å². The highest BCUT2D eigenvalue weighted by Crippen LogP contribution is 2.47. The average Bonchev–Trinajstić information content (AvgIpc) is 3.04. The molecule has 2 aromatic rings. The summed E-state index contributed by atoms with van der Waals surface area (Å²) in [6.07, 6.45) is -4.32. The minimum atomic E-state index is -4.65. The van der Waals surface area contributed by atoms with E-state index in [1.165, 1.54) is 10.9 Å². The number of benzene rings is 1. The van der Waals surface area contributed by atoms with E-state index in [2.05, 4.69) is 15.4 Å².